The monoisotopic (exact) mass is 257 g/mol. The summed E-state index contributed by atoms with van der Waals surface area (Å²) < 4.78 is 30.6. The average molecular weight is 257 g/mol. The van der Waals surface area contributed by atoms with Gasteiger partial charge in [0.15, 0.2) is 0 Å². The maximum absolute atomic E-state index is 10.9. The topological polar surface area (TPSA) is 73.7 Å². The summed E-state index contributed by atoms with van der Waals surface area (Å²) in [6.45, 7) is 3.66. The van der Waals surface area contributed by atoms with Crippen LogP contribution in [-0.2, 0) is 10.1 Å². The van der Waals surface area contributed by atoms with E-state index in [4.69, 9.17) is 4.55 Å². The number of likely N-dealkylation sites (N-methyl/N-ethyl adjacent to an activating group) is 1. The summed E-state index contributed by atoms with van der Waals surface area (Å²) in [6, 6.07) is 2.99. The van der Waals surface area contributed by atoms with Crippen LogP contribution in [-0.4, -0.2) is 56.1 Å². The predicted octanol–water partition coefficient (Wildman–Crippen LogP) is 0.0801. The second-order valence-electron chi connectivity index (χ2n) is 4.12. The molecule has 1 aliphatic rings. The number of rotatable bonds is 2. The van der Waals surface area contributed by atoms with Gasteiger partial charge in [0.25, 0.3) is 10.1 Å². The first-order valence-electron chi connectivity index (χ1n) is 5.34. The molecule has 17 heavy (non-hydrogen) atoms. The van der Waals surface area contributed by atoms with Crippen molar-refractivity contribution in [3.8, 4) is 0 Å². The van der Waals surface area contributed by atoms with Crippen molar-refractivity contribution in [3.05, 3.63) is 18.3 Å². The number of aromatic nitrogens is 1. The van der Waals surface area contributed by atoms with Crippen molar-refractivity contribution < 1.29 is 13.0 Å². The molecule has 0 amide bonds. The summed E-state index contributed by atoms with van der Waals surface area (Å²) in [7, 11) is -2.09. The zero-order valence-electron chi connectivity index (χ0n) is 9.57. The van der Waals surface area contributed by atoms with Crippen LogP contribution < -0.4 is 4.90 Å². The first kappa shape index (κ1) is 12.3. The fourth-order valence-electron chi connectivity index (χ4n) is 1.75. The maximum Gasteiger partial charge on any atom is 0.296 e. The molecule has 0 spiro atoms. The first-order chi connectivity index (χ1) is 7.97. The van der Waals surface area contributed by atoms with E-state index in [1.165, 1.54) is 12.3 Å². The molecule has 1 saturated heterocycles. The Morgan fingerprint density at radius 3 is 2.35 bits per heavy atom. The highest BCUT2D eigenvalue weighted by atomic mass is 32.2. The molecule has 1 aromatic rings. The molecular weight excluding hydrogens is 242 g/mol. The van der Waals surface area contributed by atoms with E-state index in [2.05, 4.69) is 21.8 Å². The summed E-state index contributed by atoms with van der Waals surface area (Å²) >= 11 is 0. The van der Waals surface area contributed by atoms with Gasteiger partial charge in [-0.05, 0) is 19.2 Å². The molecule has 7 heteroatoms. The van der Waals surface area contributed by atoms with Gasteiger partial charge in [-0.25, -0.2) is 4.98 Å². The lowest BCUT2D eigenvalue weighted by Gasteiger charge is -2.33. The predicted molar refractivity (Wildman–Crippen MR) is 63.8 cm³/mol. The molecule has 2 heterocycles. The Balaban J connectivity index is 2.13. The Morgan fingerprint density at radius 2 is 1.88 bits per heavy atom. The number of anilines is 1. The molecule has 1 aromatic heterocycles. The fraction of sp³-hybridized carbons (Fsp3) is 0.500. The molecule has 0 atom stereocenters. The third kappa shape index (κ3) is 2.93. The summed E-state index contributed by atoms with van der Waals surface area (Å²) in [4.78, 5) is 8.21. The van der Waals surface area contributed by atoms with Crippen LogP contribution in [0, 0.1) is 0 Å². The van der Waals surface area contributed by atoms with Crippen LogP contribution in [0.5, 0.6) is 0 Å². The number of nitrogens with zero attached hydrogens (tertiary/aromatic N) is 3. The van der Waals surface area contributed by atoms with Gasteiger partial charge in [0.05, 0.1) is 6.20 Å². The third-order valence-corrected chi connectivity index (χ3v) is 3.68. The van der Waals surface area contributed by atoms with Crippen LogP contribution >= 0.6 is 0 Å². The normalized spacial score (nSPS) is 18.4. The van der Waals surface area contributed by atoms with Crippen LogP contribution in [0.25, 0.3) is 0 Å². The van der Waals surface area contributed by atoms with Gasteiger partial charge in [0, 0.05) is 26.2 Å². The molecule has 1 aliphatic heterocycles. The second kappa shape index (κ2) is 4.59. The summed E-state index contributed by atoms with van der Waals surface area (Å²) in [5, 5.41) is 0. The molecular formula is C10H15N3O3S. The summed E-state index contributed by atoms with van der Waals surface area (Å²) in [6.07, 6.45) is 1.18. The van der Waals surface area contributed by atoms with Gasteiger partial charge in [-0.1, -0.05) is 0 Å². The maximum atomic E-state index is 10.9. The van der Waals surface area contributed by atoms with E-state index in [-0.39, 0.29) is 4.90 Å². The van der Waals surface area contributed by atoms with E-state index in [0.717, 1.165) is 32.0 Å². The molecule has 1 N–H and O–H groups in total. The molecule has 0 aromatic carbocycles. The molecule has 1 fully saturated rings. The minimum Gasteiger partial charge on any atom is -0.354 e. The van der Waals surface area contributed by atoms with Crippen LogP contribution in [0.3, 0.4) is 0 Å². The molecule has 6 nitrogen and oxygen atoms in total. The summed E-state index contributed by atoms with van der Waals surface area (Å²) in [5.41, 5.74) is 0. The van der Waals surface area contributed by atoms with E-state index in [1.54, 1.807) is 6.07 Å². The Morgan fingerprint density at radius 1 is 1.24 bits per heavy atom. The zero-order chi connectivity index (χ0) is 12.5. The van der Waals surface area contributed by atoms with Crippen molar-refractivity contribution >= 4 is 15.9 Å². The van der Waals surface area contributed by atoms with Crippen molar-refractivity contribution in [2.24, 2.45) is 0 Å². The van der Waals surface area contributed by atoms with Crippen molar-refractivity contribution in [2.75, 3.05) is 38.1 Å². The van der Waals surface area contributed by atoms with Gasteiger partial charge < -0.3 is 9.80 Å². The van der Waals surface area contributed by atoms with Crippen LogP contribution in [0.1, 0.15) is 0 Å². The quantitative estimate of drug-likeness (QED) is 0.756. The van der Waals surface area contributed by atoms with Crippen LogP contribution in [0.4, 0.5) is 5.82 Å². The van der Waals surface area contributed by atoms with Crippen molar-refractivity contribution in [1.29, 1.82) is 0 Å². The first-order valence-corrected chi connectivity index (χ1v) is 6.78. The molecule has 0 radical (unpaired) electrons. The smallest absolute Gasteiger partial charge is 0.296 e. The highest BCUT2D eigenvalue weighted by Gasteiger charge is 2.16. The highest BCUT2D eigenvalue weighted by Crippen LogP contribution is 2.15. The van der Waals surface area contributed by atoms with Gasteiger partial charge in [0.1, 0.15) is 10.7 Å². The number of pyridine rings is 1. The van der Waals surface area contributed by atoms with Crippen molar-refractivity contribution in [2.45, 2.75) is 4.90 Å². The van der Waals surface area contributed by atoms with Gasteiger partial charge in [-0.2, -0.15) is 8.42 Å². The zero-order valence-corrected chi connectivity index (χ0v) is 10.4. The lowest BCUT2D eigenvalue weighted by atomic mass is 10.3. The number of piperazine rings is 1. The highest BCUT2D eigenvalue weighted by molar-refractivity contribution is 7.85. The third-order valence-electron chi connectivity index (χ3n) is 2.85. The van der Waals surface area contributed by atoms with Gasteiger partial charge in [-0.15, -0.1) is 0 Å². The van der Waals surface area contributed by atoms with E-state index in [1.807, 2.05) is 0 Å². The Kier molecular flexibility index (Phi) is 3.32. The SMILES string of the molecule is CN1CCN(c2ccc(S(=O)(=O)O)cn2)CC1. The van der Waals surface area contributed by atoms with Gasteiger partial charge >= 0.3 is 0 Å². The Hall–Kier alpha value is -1.18. The van der Waals surface area contributed by atoms with Crippen molar-refractivity contribution in [1.82, 2.24) is 9.88 Å². The lowest BCUT2D eigenvalue weighted by Crippen LogP contribution is -2.44. The molecule has 0 bridgehead atoms. The standard InChI is InChI=1S/C10H15N3O3S/c1-12-4-6-13(7-5-12)10-3-2-9(8-11-10)17(14,15)16/h2-3,8H,4-7H2,1H3,(H,14,15,16). The molecule has 94 valence electrons. The lowest BCUT2D eigenvalue weighted by molar-refractivity contribution is 0.312. The van der Waals surface area contributed by atoms with Crippen molar-refractivity contribution in [3.63, 3.8) is 0 Å². The molecule has 0 saturated carbocycles. The number of hydrogen-bond acceptors (Lipinski definition) is 5. The van der Waals surface area contributed by atoms with Crippen LogP contribution in [0.2, 0.25) is 0 Å². The fourth-order valence-corrected chi connectivity index (χ4v) is 2.17. The van der Waals surface area contributed by atoms with Crippen LogP contribution in [0.15, 0.2) is 23.2 Å². The minimum atomic E-state index is -4.15. The largest absolute Gasteiger partial charge is 0.354 e. The number of hydrogen-bond donors (Lipinski definition) is 1. The van der Waals surface area contributed by atoms with E-state index in [9.17, 15) is 8.42 Å². The molecule has 2 rings (SSSR count). The molecule has 0 unspecified atom stereocenters. The van der Waals surface area contributed by atoms with E-state index in [0.29, 0.717) is 0 Å². The van der Waals surface area contributed by atoms with E-state index >= 15 is 0 Å². The molecule has 0 aliphatic carbocycles. The Bertz CT molecular complexity index is 478. The minimum absolute atomic E-state index is 0.171. The Labute approximate surface area is 101 Å². The summed E-state index contributed by atoms with van der Waals surface area (Å²) in [5.74, 6) is 0.741. The average Bonchev–Trinajstić information content (AvgIpc) is 2.29. The van der Waals surface area contributed by atoms with E-state index < -0.39 is 10.1 Å². The second-order valence-corrected chi connectivity index (χ2v) is 5.54. The van der Waals surface area contributed by atoms with Gasteiger partial charge in [0.2, 0.25) is 0 Å². The van der Waals surface area contributed by atoms with Gasteiger partial charge in [-0.3, -0.25) is 4.55 Å².